The molecule has 0 aliphatic carbocycles. The van der Waals surface area contributed by atoms with Crippen LogP contribution in [0.2, 0.25) is 0 Å². The molecule has 0 N–H and O–H groups in total. The van der Waals surface area contributed by atoms with Crippen molar-refractivity contribution in [1.29, 1.82) is 0 Å². The van der Waals surface area contributed by atoms with Gasteiger partial charge in [-0.05, 0) is 30.5 Å². The first-order valence-electron chi connectivity index (χ1n) is 7.18. The van der Waals surface area contributed by atoms with Crippen molar-refractivity contribution in [1.82, 2.24) is 4.90 Å². The summed E-state index contributed by atoms with van der Waals surface area (Å²) in [6.07, 6.45) is 7.72. The lowest BCUT2D eigenvalue weighted by Gasteiger charge is -2.16. The molecular formula is C17H21NO2. The van der Waals surface area contributed by atoms with E-state index in [1.807, 2.05) is 17.0 Å². The SMILES string of the molecule is C#CC1CC(=O)N(CCc2cccc(OCCC)c2)C1. The van der Waals surface area contributed by atoms with Crippen molar-refractivity contribution in [3.8, 4) is 18.1 Å². The minimum absolute atomic E-state index is 0.0849. The number of rotatable bonds is 6. The summed E-state index contributed by atoms with van der Waals surface area (Å²) in [5.41, 5.74) is 1.19. The molecule has 20 heavy (non-hydrogen) atoms. The number of hydrogen-bond acceptors (Lipinski definition) is 2. The molecule has 3 heteroatoms. The maximum atomic E-state index is 11.8. The van der Waals surface area contributed by atoms with E-state index in [0.717, 1.165) is 31.7 Å². The Morgan fingerprint density at radius 2 is 2.35 bits per heavy atom. The number of hydrogen-bond donors (Lipinski definition) is 0. The molecule has 1 unspecified atom stereocenters. The number of nitrogens with zero attached hydrogens (tertiary/aromatic N) is 1. The third-order valence-corrected chi connectivity index (χ3v) is 3.49. The lowest BCUT2D eigenvalue weighted by Crippen LogP contribution is -2.27. The van der Waals surface area contributed by atoms with Crippen LogP contribution in [0, 0.1) is 18.3 Å². The van der Waals surface area contributed by atoms with Crippen LogP contribution in [-0.2, 0) is 11.2 Å². The normalized spacial score (nSPS) is 18.1. The highest BCUT2D eigenvalue weighted by Crippen LogP contribution is 2.18. The number of terminal acetylenes is 1. The molecule has 1 atom stereocenters. The van der Waals surface area contributed by atoms with E-state index in [-0.39, 0.29) is 11.8 Å². The fourth-order valence-electron chi connectivity index (χ4n) is 2.37. The van der Waals surface area contributed by atoms with Gasteiger partial charge < -0.3 is 9.64 Å². The molecule has 2 rings (SSSR count). The summed E-state index contributed by atoms with van der Waals surface area (Å²) < 4.78 is 5.62. The van der Waals surface area contributed by atoms with Gasteiger partial charge in [0.2, 0.25) is 5.91 Å². The van der Waals surface area contributed by atoms with E-state index in [2.05, 4.69) is 25.0 Å². The Morgan fingerprint density at radius 1 is 1.50 bits per heavy atom. The summed E-state index contributed by atoms with van der Waals surface area (Å²) in [5, 5.41) is 0. The minimum Gasteiger partial charge on any atom is -0.494 e. The summed E-state index contributed by atoms with van der Waals surface area (Å²) in [4.78, 5) is 13.6. The zero-order chi connectivity index (χ0) is 14.4. The molecule has 1 heterocycles. The predicted molar refractivity (Wildman–Crippen MR) is 79.5 cm³/mol. The van der Waals surface area contributed by atoms with Gasteiger partial charge in [0.25, 0.3) is 0 Å². The first kappa shape index (κ1) is 14.5. The maximum Gasteiger partial charge on any atom is 0.223 e. The lowest BCUT2D eigenvalue weighted by atomic mass is 10.1. The predicted octanol–water partition coefficient (Wildman–Crippen LogP) is 2.50. The molecule has 1 fully saturated rings. The van der Waals surface area contributed by atoms with Gasteiger partial charge in [-0.2, -0.15) is 0 Å². The zero-order valence-electron chi connectivity index (χ0n) is 12.0. The quantitative estimate of drug-likeness (QED) is 0.744. The van der Waals surface area contributed by atoms with E-state index < -0.39 is 0 Å². The number of carbonyl (C=O) groups is 1. The molecule has 1 aromatic carbocycles. The first-order valence-corrected chi connectivity index (χ1v) is 7.18. The van der Waals surface area contributed by atoms with Crippen molar-refractivity contribution in [3.05, 3.63) is 29.8 Å². The van der Waals surface area contributed by atoms with Crippen molar-refractivity contribution in [2.24, 2.45) is 5.92 Å². The van der Waals surface area contributed by atoms with E-state index in [1.54, 1.807) is 0 Å². The first-order chi connectivity index (χ1) is 9.72. The van der Waals surface area contributed by atoms with Gasteiger partial charge in [0.1, 0.15) is 5.75 Å². The van der Waals surface area contributed by atoms with Crippen LogP contribution in [0.15, 0.2) is 24.3 Å². The Hall–Kier alpha value is -1.95. The molecule has 1 amide bonds. The highest BCUT2D eigenvalue weighted by Gasteiger charge is 2.27. The molecule has 1 aromatic rings. The van der Waals surface area contributed by atoms with Gasteiger partial charge in [-0.1, -0.05) is 19.1 Å². The second-order valence-corrected chi connectivity index (χ2v) is 5.15. The van der Waals surface area contributed by atoms with Crippen molar-refractivity contribution in [2.45, 2.75) is 26.2 Å². The molecule has 0 spiro atoms. The molecule has 106 valence electrons. The lowest BCUT2D eigenvalue weighted by molar-refractivity contribution is -0.127. The molecule has 0 radical (unpaired) electrons. The van der Waals surface area contributed by atoms with Gasteiger partial charge in [0, 0.05) is 25.4 Å². The molecule has 0 saturated carbocycles. The number of likely N-dealkylation sites (tertiary alicyclic amines) is 1. The second-order valence-electron chi connectivity index (χ2n) is 5.15. The Kier molecular flexibility index (Phi) is 5.06. The van der Waals surface area contributed by atoms with Gasteiger partial charge in [-0.3, -0.25) is 4.79 Å². The Bertz CT molecular complexity index is 504. The van der Waals surface area contributed by atoms with E-state index in [1.165, 1.54) is 5.56 Å². The highest BCUT2D eigenvalue weighted by molar-refractivity contribution is 5.79. The summed E-state index contributed by atoms with van der Waals surface area (Å²) in [6.45, 7) is 4.25. The van der Waals surface area contributed by atoms with Gasteiger partial charge in [-0.25, -0.2) is 0 Å². The molecule has 0 aromatic heterocycles. The molecule has 0 bridgehead atoms. The summed E-state index contributed by atoms with van der Waals surface area (Å²) >= 11 is 0. The molecule has 1 aliphatic rings. The Labute approximate surface area is 120 Å². The summed E-state index contributed by atoms with van der Waals surface area (Å²) in [5.74, 6) is 3.83. The smallest absolute Gasteiger partial charge is 0.223 e. The summed E-state index contributed by atoms with van der Waals surface area (Å²) in [7, 11) is 0. The molecule has 3 nitrogen and oxygen atoms in total. The third-order valence-electron chi connectivity index (χ3n) is 3.49. The second kappa shape index (κ2) is 7.00. The van der Waals surface area contributed by atoms with E-state index >= 15 is 0 Å². The minimum atomic E-state index is 0.0849. The monoisotopic (exact) mass is 271 g/mol. The van der Waals surface area contributed by atoms with Crippen LogP contribution in [-0.4, -0.2) is 30.5 Å². The fraction of sp³-hybridized carbons (Fsp3) is 0.471. The molecular weight excluding hydrogens is 250 g/mol. The van der Waals surface area contributed by atoms with Crippen LogP contribution in [0.5, 0.6) is 5.75 Å². The van der Waals surface area contributed by atoms with E-state index in [0.29, 0.717) is 13.0 Å². The topological polar surface area (TPSA) is 29.5 Å². The van der Waals surface area contributed by atoms with Gasteiger partial charge in [0.05, 0.1) is 6.61 Å². The average Bonchev–Trinajstić information content (AvgIpc) is 2.84. The number of benzene rings is 1. The van der Waals surface area contributed by atoms with E-state index in [9.17, 15) is 4.79 Å². The number of ether oxygens (including phenoxy) is 1. The average molecular weight is 271 g/mol. The van der Waals surface area contributed by atoms with Crippen molar-refractivity contribution in [3.63, 3.8) is 0 Å². The van der Waals surface area contributed by atoms with Crippen LogP contribution in [0.25, 0.3) is 0 Å². The van der Waals surface area contributed by atoms with Crippen molar-refractivity contribution in [2.75, 3.05) is 19.7 Å². The van der Waals surface area contributed by atoms with Crippen LogP contribution in [0.1, 0.15) is 25.3 Å². The van der Waals surface area contributed by atoms with Gasteiger partial charge >= 0.3 is 0 Å². The summed E-state index contributed by atoms with van der Waals surface area (Å²) in [6, 6.07) is 8.08. The van der Waals surface area contributed by atoms with Crippen molar-refractivity contribution < 1.29 is 9.53 Å². The van der Waals surface area contributed by atoms with Crippen molar-refractivity contribution >= 4 is 5.91 Å². The van der Waals surface area contributed by atoms with E-state index in [4.69, 9.17) is 11.2 Å². The van der Waals surface area contributed by atoms with Gasteiger partial charge in [0.15, 0.2) is 0 Å². The number of carbonyl (C=O) groups excluding carboxylic acids is 1. The third kappa shape index (κ3) is 3.77. The largest absolute Gasteiger partial charge is 0.494 e. The maximum absolute atomic E-state index is 11.8. The molecule has 1 saturated heterocycles. The van der Waals surface area contributed by atoms with Gasteiger partial charge in [-0.15, -0.1) is 12.3 Å². The van der Waals surface area contributed by atoms with Crippen LogP contribution in [0.3, 0.4) is 0 Å². The standard InChI is InChI=1S/C17H21NO2/c1-3-10-20-16-7-5-6-15(11-16)8-9-18-13-14(4-2)12-17(18)19/h2,5-7,11,14H,3,8-10,12-13H2,1H3. The molecule has 1 aliphatic heterocycles. The fourth-order valence-corrected chi connectivity index (χ4v) is 2.37. The Morgan fingerprint density at radius 3 is 3.05 bits per heavy atom. The van der Waals surface area contributed by atoms with Crippen LogP contribution < -0.4 is 4.74 Å². The highest BCUT2D eigenvalue weighted by atomic mass is 16.5. The van der Waals surface area contributed by atoms with Crippen LogP contribution in [0.4, 0.5) is 0 Å². The Balaban J connectivity index is 1.88. The zero-order valence-corrected chi connectivity index (χ0v) is 12.0. The van der Waals surface area contributed by atoms with Crippen LogP contribution >= 0.6 is 0 Å². The number of amides is 1.